The standard InChI is InChI=1S/C24H27N3O3S2/c1-5-10-27-23(29)21-19(18-8-6-15(2)7-9-18)13-31-22(21)25-24(27)32-14-20(28)26-11-16(3)30-17(4)12-26/h5-9,13,16-17H,1,10-12,14H2,2-4H3/t16-,17-/m1/s1. The molecule has 32 heavy (non-hydrogen) atoms. The molecule has 168 valence electrons. The highest BCUT2D eigenvalue weighted by atomic mass is 32.2. The Morgan fingerprint density at radius 3 is 2.62 bits per heavy atom. The molecule has 1 fully saturated rings. The Kier molecular flexibility index (Phi) is 6.83. The van der Waals surface area contributed by atoms with E-state index in [1.807, 2.05) is 55.3 Å². The highest BCUT2D eigenvalue weighted by molar-refractivity contribution is 7.99. The molecule has 0 saturated carbocycles. The molecule has 1 saturated heterocycles. The number of hydrogen-bond acceptors (Lipinski definition) is 6. The lowest BCUT2D eigenvalue weighted by Crippen LogP contribution is -2.48. The number of amides is 1. The summed E-state index contributed by atoms with van der Waals surface area (Å²) >= 11 is 2.76. The lowest BCUT2D eigenvalue weighted by Gasteiger charge is -2.35. The van der Waals surface area contributed by atoms with Crippen LogP contribution in [-0.2, 0) is 16.1 Å². The fourth-order valence-electron chi connectivity index (χ4n) is 3.95. The Balaban J connectivity index is 1.64. The fourth-order valence-corrected chi connectivity index (χ4v) is 5.85. The van der Waals surface area contributed by atoms with Gasteiger partial charge >= 0.3 is 0 Å². The number of hydrogen-bond donors (Lipinski definition) is 0. The summed E-state index contributed by atoms with van der Waals surface area (Å²) in [5, 5.41) is 3.15. The maximum atomic E-state index is 13.5. The summed E-state index contributed by atoms with van der Waals surface area (Å²) < 4.78 is 7.33. The summed E-state index contributed by atoms with van der Waals surface area (Å²) in [6.07, 6.45) is 1.73. The Morgan fingerprint density at radius 2 is 1.97 bits per heavy atom. The number of aromatic nitrogens is 2. The summed E-state index contributed by atoms with van der Waals surface area (Å²) in [5.41, 5.74) is 2.96. The van der Waals surface area contributed by atoms with Crippen LogP contribution in [0.5, 0.6) is 0 Å². The minimum absolute atomic E-state index is 0.0208. The quantitative estimate of drug-likeness (QED) is 0.305. The maximum absolute atomic E-state index is 13.5. The molecule has 2 aromatic heterocycles. The molecule has 2 atom stereocenters. The first-order chi connectivity index (χ1) is 15.4. The Morgan fingerprint density at radius 1 is 1.28 bits per heavy atom. The lowest BCUT2D eigenvalue weighted by molar-refractivity contribution is -0.140. The SMILES string of the molecule is C=CCn1c(SCC(=O)N2C[C@@H](C)O[C@H](C)C2)nc2scc(-c3ccc(C)cc3)c2c1=O. The van der Waals surface area contributed by atoms with Gasteiger partial charge in [0.2, 0.25) is 5.91 Å². The number of rotatable bonds is 6. The zero-order chi connectivity index (χ0) is 22.8. The third kappa shape index (κ3) is 4.67. The minimum atomic E-state index is -0.102. The van der Waals surface area contributed by atoms with Gasteiger partial charge in [0.25, 0.3) is 5.56 Å². The van der Waals surface area contributed by atoms with E-state index in [-0.39, 0.29) is 29.4 Å². The number of fused-ring (bicyclic) bond motifs is 1. The van der Waals surface area contributed by atoms with E-state index < -0.39 is 0 Å². The third-order valence-electron chi connectivity index (χ3n) is 5.43. The van der Waals surface area contributed by atoms with Crippen LogP contribution in [0.2, 0.25) is 0 Å². The van der Waals surface area contributed by atoms with E-state index in [9.17, 15) is 9.59 Å². The fraction of sp³-hybridized carbons (Fsp3) is 0.375. The molecule has 3 aromatic rings. The summed E-state index contributed by atoms with van der Waals surface area (Å²) in [4.78, 5) is 33.6. The van der Waals surface area contributed by atoms with Gasteiger partial charge in [-0.05, 0) is 26.3 Å². The van der Waals surface area contributed by atoms with Crippen molar-refractivity contribution in [2.45, 2.75) is 44.7 Å². The van der Waals surface area contributed by atoms with Gasteiger partial charge in [-0.1, -0.05) is 47.7 Å². The summed E-state index contributed by atoms with van der Waals surface area (Å²) in [6, 6.07) is 8.13. The molecule has 1 aliphatic rings. The number of benzene rings is 1. The van der Waals surface area contributed by atoms with Crippen LogP contribution in [0.15, 0.2) is 52.3 Å². The van der Waals surface area contributed by atoms with Crippen molar-refractivity contribution in [2.75, 3.05) is 18.8 Å². The van der Waals surface area contributed by atoms with Crippen molar-refractivity contribution in [3.8, 4) is 11.1 Å². The molecule has 0 radical (unpaired) electrons. The molecule has 6 nitrogen and oxygen atoms in total. The van der Waals surface area contributed by atoms with Crippen molar-refractivity contribution in [3.05, 3.63) is 58.2 Å². The average molecular weight is 470 g/mol. The molecule has 3 heterocycles. The van der Waals surface area contributed by atoms with Crippen LogP contribution in [0.1, 0.15) is 19.4 Å². The van der Waals surface area contributed by atoms with Crippen molar-refractivity contribution < 1.29 is 9.53 Å². The van der Waals surface area contributed by atoms with Gasteiger partial charge in [0.05, 0.1) is 23.3 Å². The second kappa shape index (κ2) is 9.60. The molecular formula is C24H27N3O3S2. The molecular weight excluding hydrogens is 442 g/mol. The molecule has 0 unspecified atom stereocenters. The molecule has 0 bridgehead atoms. The molecule has 0 spiro atoms. The number of carbonyl (C=O) groups is 1. The van der Waals surface area contributed by atoms with Gasteiger partial charge in [-0.3, -0.25) is 14.2 Å². The number of morpholine rings is 1. The summed E-state index contributed by atoms with van der Waals surface area (Å²) in [5.74, 6) is 0.257. The molecule has 0 N–H and O–H groups in total. The predicted octanol–water partition coefficient (Wildman–Crippen LogP) is 4.35. The minimum Gasteiger partial charge on any atom is -0.372 e. The van der Waals surface area contributed by atoms with Crippen LogP contribution in [0, 0.1) is 6.92 Å². The van der Waals surface area contributed by atoms with E-state index in [0.29, 0.717) is 35.0 Å². The molecule has 8 heteroatoms. The van der Waals surface area contributed by atoms with Crippen LogP contribution < -0.4 is 5.56 Å². The van der Waals surface area contributed by atoms with E-state index in [4.69, 9.17) is 9.72 Å². The Hall–Kier alpha value is -2.42. The number of allylic oxidation sites excluding steroid dienone is 1. The second-order valence-electron chi connectivity index (χ2n) is 8.14. The van der Waals surface area contributed by atoms with Gasteiger partial charge in [0, 0.05) is 30.6 Å². The normalized spacial score (nSPS) is 18.8. The van der Waals surface area contributed by atoms with Crippen LogP contribution >= 0.6 is 23.1 Å². The zero-order valence-corrected chi connectivity index (χ0v) is 20.2. The number of ether oxygens (including phenoxy) is 1. The first-order valence-corrected chi connectivity index (χ1v) is 12.5. The van der Waals surface area contributed by atoms with Crippen LogP contribution in [-0.4, -0.2) is 51.4 Å². The van der Waals surface area contributed by atoms with E-state index in [1.54, 1.807) is 10.6 Å². The number of carbonyl (C=O) groups excluding carboxylic acids is 1. The lowest BCUT2D eigenvalue weighted by atomic mass is 10.1. The van der Waals surface area contributed by atoms with Crippen LogP contribution in [0.4, 0.5) is 0 Å². The van der Waals surface area contributed by atoms with E-state index in [1.165, 1.54) is 28.7 Å². The molecule has 4 rings (SSSR count). The summed E-state index contributed by atoms with van der Waals surface area (Å²) in [6.45, 7) is 11.3. The van der Waals surface area contributed by atoms with Crippen molar-refractivity contribution in [2.24, 2.45) is 0 Å². The average Bonchev–Trinajstić information content (AvgIpc) is 3.18. The van der Waals surface area contributed by atoms with Crippen molar-refractivity contribution >= 4 is 39.2 Å². The monoisotopic (exact) mass is 469 g/mol. The van der Waals surface area contributed by atoms with Gasteiger partial charge in [0.15, 0.2) is 5.16 Å². The Bertz CT molecular complexity index is 1190. The topological polar surface area (TPSA) is 64.4 Å². The van der Waals surface area contributed by atoms with Gasteiger partial charge < -0.3 is 9.64 Å². The number of aryl methyl sites for hydroxylation is 1. The van der Waals surface area contributed by atoms with Gasteiger partial charge in [-0.25, -0.2) is 4.98 Å². The smallest absolute Gasteiger partial charge is 0.263 e. The first-order valence-electron chi connectivity index (χ1n) is 10.6. The van der Waals surface area contributed by atoms with Crippen molar-refractivity contribution in [3.63, 3.8) is 0 Å². The van der Waals surface area contributed by atoms with Crippen LogP contribution in [0.25, 0.3) is 21.3 Å². The molecule has 1 aliphatic heterocycles. The zero-order valence-electron chi connectivity index (χ0n) is 18.5. The maximum Gasteiger partial charge on any atom is 0.263 e. The molecule has 0 aliphatic carbocycles. The molecule has 1 aromatic carbocycles. The second-order valence-corrected chi connectivity index (χ2v) is 9.94. The number of thiophene rings is 1. The van der Waals surface area contributed by atoms with Gasteiger partial charge in [-0.15, -0.1) is 17.9 Å². The van der Waals surface area contributed by atoms with Gasteiger partial charge in [-0.2, -0.15) is 0 Å². The number of thioether (sulfide) groups is 1. The van der Waals surface area contributed by atoms with Crippen LogP contribution in [0.3, 0.4) is 0 Å². The van der Waals surface area contributed by atoms with E-state index in [2.05, 4.69) is 6.58 Å². The summed E-state index contributed by atoms with van der Waals surface area (Å²) in [7, 11) is 0. The highest BCUT2D eigenvalue weighted by Gasteiger charge is 2.26. The van der Waals surface area contributed by atoms with E-state index >= 15 is 0 Å². The van der Waals surface area contributed by atoms with Crippen molar-refractivity contribution in [1.29, 1.82) is 0 Å². The van der Waals surface area contributed by atoms with E-state index in [0.717, 1.165) is 11.1 Å². The highest BCUT2D eigenvalue weighted by Crippen LogP contribution is 2.32. The van der Waals surface area contributed by atoms with Gasteiger partial charge in [0.1, 0.15) is 4.83 Å². The third-order valence-corrected chi connectivity index (χ3v) is 7.26. The predicted molar refractivity (Wildman–Crippen MR) is 132 cm³/mol. The number of nitrogens with zero attached hydrogens (tertiary/aromatic N) is 3. The Labute approximate surface area is 195 Å². The first kappa shape index (κ1) is 22.8. The van der Waals surface area contributed by atoms with Crippen molar-refractivity contribution in [1.82, 2.24) is 14.5 Å². The largest absolute Gasteiger partial charge is 0.372 e. The molecule has 1 amide bonds.